The van der Waals surface area contributed by atoms with Crippen LogP contribution in [-0.2, 0) is 20.8 Å². The standard InChI is InChI=1S/C19H26FN3O3/c1-25-19(24)7-5-3-2-4-6-12-26-18(13-23-15-21-14-22-23)16-8-10-17(20)11-9-16/h8-11,14-15,18H,2-7,12-13H2,1H3. The Balaban J connectivity index is 1.71. The number of carbonyl (C=O) groups excluding carboxylic acids is 1. The van der Waals surface area contributed by atoms with Crippen molar-refractivity contribution >= 4 is 5.97 Å². The molecule has 0 spiro atoms. The van der Waals surface area contributed by atoms with Crippen molar-refractivity contribution in [1.29, 1.82) is 0 Å². The van der Waals surface area contributed by atoms with Crippen LogP contribution in [-0.4, -0.2) is 34.5 Å². The summed E-state index contributed by atoms with van der Waals surface area (Å²) in [5, 5.41) is 4.11. The third-order valence-electron chi connectivity index (χ3n) is 4.13. The molecule has 0 saturated heterocycles. The Morgan fingerprint density at radius 2 is 1.88 bits per heavy atom. The molecule has 6 nitrogen and oxygen atoms in total. The summed E-state index contributed by atoms with van der Waals surface area (Å²) < 4.78 is 25.5. The lowest BCUT2D eigenvalue weighted by molar-refractivity contribution is -0.140. The van der Waals surface area contributed by atoms with Gasteiger partial charge in [-0.2, -0.15) is 5.10 Å². The van der Waals surface area contributed by atoms with Crippen LogP contribution in [0.5, 0.6) is 0 Å². The van der Waals surface area contributed by atoms with Crippen LogP contribution in [0.15, 0.2) is 36.9 Å². The predicted molar refractivity (Wildman–Crippen MR) is 94.8 cm³/mol. The maximum atomic E-state index is 13.2. The number of unbranched alkanes of at least 4 members (excludes halogenated alkanes) is 4. The molecule has 2 rings (SSSR count). The second-order valence-electron chi connectivity index (χ2n) is 6.12. The number of halogens is 1. The van der Waals surface area contributed by atoms with Crippen LogP contribution in [0.25, 0.3) is 0 Å². The zero-order valence-electron chi connectivity index (χ0n) is 15.1. The summed E-state index contributed by atoms with van der Waals surface area (Å²) in [6, 6.07) is 6.36. The molecule has 0 radical (unpaired) electrons. The monoisotopic (exact) mass is 363 g/mol. The van der Waals surface area contributed by atoms with E-state index in [1.54, 1.807) is 23.1 Å². The summed E-state index contributed by atoms with van der Waals surface area (Å²) >= 11 is 0. The smallest absolute Gasteiger partial charge is 0.305 e. The number of rotatable bonds is 12. The van der Waals surface area contributed by atoms with E-state index >= 15 is 0 Å². The second-order valence-corrected chi connectivity index (χ2v) is 6.12. The zero-order chi connectivity index (χ0) is 18.6. The lowest BCUT2D eigenvalue weighted by atomic mass is 10.1. The van der Waals surface area contributed by atoms with Crippen LogP contribution >= 0.6 is 0 Å². The summed E-state index contributed by atoms with van der Waals surface area (Å²) in [6.07, 6.45) is 8.32. The molecule has 1 heterocycles. The molecule has 0 aliphatic rings. The molecular formula is C19H26FN3O3. The Bertz CT molecular complexity index is 632. The van der Waals surface area contributed by atoms with Gasteiger partial charge in [0.1, 0.15) is 24.6 Å². The molecule has 0 amide bonds. The molecule has 1 atom stereocenters. The van der Waals surface area contributed by atoms with Crippen LogP contribution in [0.1, 0.15) is 50.2 Å². The van der Waals surface area contributed by atoms with Crippen molar-refractivity contribution < 1.29 is 18.7 Å². The maximum absolute atomic E-state index is 13.2. The van der Waals surface area contributed by atoms with Crippen molar-refractivity contribution in [3.63, 3.8) is 0 Å². The van der Waals surface area contributed by atoms with E-state index in [0.29, 0.717) is 19.6 Å². The highest BCUT2D eigenvalue weighted by molar-refractivity contribution is 5.68. The lowest BCUT2D eigenvalue weighted by Crippen LogP contribution is -2.14. The SMILES string of the molecule is COC(=O)CCCCCCCOC(Cn1cncn1)c1ccc(F)cc1. The fourth-order valence-electron chi connectivity index (χ4n) is 2.66. The summed E-state index contributed by atoms with van der Waals surface area (Å²) in [7, 11) is 1.41. The number of aromatic nitrogens is 3. The molecule has 0 saturated carbocycles. The van der Waals surface area contributed by atoms with E-state index in [4.69, 9.17) is 4.74 Å². The van der Waals surface area contributed by atoms with Gasteiger partial charge in [-0.3, -0.25) is 9.48 Å². The highest BCUT2D eigenvalue weighted by atomic mass is 19.1. The molecule has 1 unspecified atom stereocenters. The minimum atomic E-state index is -0.264. The minimum Gasteiger partial charge on any atom is -0.469 e. The van der Waals surface area contributed by atoms with Crippen LogP contribution in [0.2, 0.25) is 0 Å². The first-order valence-electron chi connectivity index (χ1n) is 8.95. The fourth-order valence-corrected chi connectivity index (χ4v) is 2.66. The molecule has 1 aromatic heterocycles. The Hall–Kier alpha value is -2.28. The maximum Gasteiger partial charge on any atom is 0.305 e. The number of carbonyl (C=O) groups is 1. The summed E-state index contributed by atoms with van der Waals surface area (Å²) in [5.74, 6) is -0.413. The van der Waals surface area contributed by atoms with E-state index in [1.165, 1.54) is 25.6 Å². The average Bonchev–Trinajstić information content (AvgIpc) is 3.16. The van der Waals surface area contributed by atoms with E-state index in [1.807, 2.05) is 0 Å². The van der Waals surface area contributed by atoms with Gasteiger partial charge >= 0.3 is 5.97 Å². The largest absolute Gasteiger partial charge is 0.469 e. The van der Waals surface area contributed by atoms with Crippen LogP contribution < -0.4 is 0 Å². The number of esters is 1. The number of benzene rings is 1. The van der Waals surface area contributed by atoms with Crippen molar-refractivity contribution in [2.75, 3.05) is 13.7 Å². The minimum absolute atomic E-state index is 0.149. The van der Waals surface area contributed by atoms with Crippen molar-refractivity contribution in [2.45, 2.75) is 51.2 Å². The molecule has 2 aromatic rings. The van der Waals surface area contributed by atoms with Gasteiger partial charge in [0.2, 0.25) is 0 Å². The topological polar surface area (TPSA) is 66.2 Å². The molecule has 0 bridgehead atoms. The first-order chi connectivity index (χ1) is 12.7. The Kier molecular flexibility index (Phi) is 8.75. The predicted octanol–water partition coefficient (Wildman–Crippen LogP) is 3.69. The third-order valence-corrected chi connectivity index (χ3v) is 4.13. The molecule has 0 aliphatic carbocycles. The first kappa shape index (κ1) is 20.0. The molecule has 0 N–H and O–H groups in total. The molecular weight excluding hydrogens is 337 g/mol. The summed E-state index contributed by atoms with van der Waals surface area (Å²) in [5.41, 5.74) is 0.917. The summed E-state index contributed by atoms with van der Waals surface area (Å²) in [4.78, 5) is 15.0. The third kappa shape index (κ3) is 7.31. The van der Waals surface area contributed by atoms with Crippen LogP contribution in [0.4, 0.5) is 4.39 Å². The van der Waals surface area contributed by atoms with E-state index < -0.39 is 0 Å². The number of hydrogen-bond donors (Lipinski definition) is 0. The van der Waals surface area contributed by atoms with Gasteiger partial charge in [0.15, 0.2) is 0 Å². The molecule has 142 valence electrons. The van der Waals surface area contributed by atoms with Gasteiger partial charge in [-0.25, -0.2) is 9.37 Å². The number of nitrogens with zero attached hydrogens (tertiary/aromatic N) is 3. The first-order valence-corrected chi connectivity index (χ1v) is 8.95. The van der Waals surface area contributed by atoms with Crippen molar-refractivity contribution in [1.82, 2.24) is 14.8 Å². The molecule has 0 fully saturated rings. The number of ether oxygens (including phenoxy) is 2. The number of hydrogen-bond acceptors (Lipinski definition) is 5. The quantitative estimate of drug-likeness (QED) is 0.425. The highest BCUT2D eigenvalue weighted by Crippen LogP contribution is 2.20. The van der Waals surface area contributed by atoms with Gasteiger partial charge in [-0.05, 0) is 30.5 Å². The van der Waals surface area contributed by atoms with Gasteiger partial charge in [-0.1, -0.05) is 31.4 Å². The van der Waals surface area contributed by atoms with Gasteiger partial charge in [0, 0.05) is 13.0 Å². The van der Waals surface area contributed by atoms with Crippen molar-refractivity contribution in [2.24, 2.45) is 0 Å². The van der Waals surface area contributed by atoms with Crippen LogP contribution in [0, 0.1) is 5.82 Å². The van der Waals surface area contributed by atoms with E-state index in [-0.39, 0.29) is 17.9 Å². The van der Waals surface area contributed by atoms with Crippen LogP contribution in [0.3, 0.4) is 0 Å². The Morgan fingerprint density at radius 3 is 2.58 bits per heavy atom. The van der Waals surface area contributed by atoms with Crippen molar-refractivity contribution in [3.05, 3.63) is 48.3 Å². The van der Waals surface area contributed by atoms with Gasteiger partial charge in [-0.15, -0.1) is 0 Å². The summed E-state index contributed by atoms with van der Waals surface area (Å²) in [6.45, 7) is 1.15. The molecule has 0 aliphatic heterocycles. The molecule has 1 aromatic carbocycles. The van der Waals surface area contributed by atoms with E-state index in [2.05, 4.69) is 14.8 Å². The van der Waals surface area contributed by atoms with Gasteiger partial charge in [0.05, 0.1) is 13.7 Å². The Morgan fingerprint density at radius 1 is 1.15 bits per heavy atom. The zero-order valence-corrected chi connectivity index (χ0v) is 15.1. The van der Waals surface area contributed by atoms with Crippen molar-refractivity contribution in [3.8, 4) is 0 Å². The van der Waals surface area contributed by atoms with E-state index in [0.717, 1.165) is 37.7 Å². The van der Waals surface area contributed by atoms with E-state index in [9.17, 15) is 9.18 Å². The highest BCUT2D eigenvalue weighted by Gasteiger charge is 2.13. The molecule has 7 heteroatoms. The Labute approximate surface area is 153 Å². The van der Waals surface area contributed by atoms with Gasteiger partial charge in [0.25, 0.3) is 0 Å². The fraction of sp³-hybridized carbons (Fsp3) is 0.526. The number of methoxy groups -OCH3 is 1. The van der Waals surface area contributed by atoms with Gasteiger partial charge < -0.3 is 9.47 Å². The molecule has 26 heavy (non-hydrogen) atoms. The average molecular weight is 363 g/mol. The normalized spacial score (nSPS) is 12.1. The second kappa shape index (κ2) is 11.4. The lowest BCUT2D eigenvalue weighted by Gasteiger charge is -2.18.